The summed E-state index contributed by atoms with van der Waals surface area (Å²) < 4.78 is 28.8. The van der Waals surface area contributed by atoms with Gasteiger partial charge in [0, 0.05) is 16.5 Å². The lowest BCUT2D eigenvalue weighted by molar-refractivity contribution is -0.121. The molecule has 3 aromatic rings. The quantitative estimate of drug-likeness (QED) is 0.644. The van der Waals surface area contributed by atoms with Crippen molar-refractivity contribution in [2.24, 2.45) is 0 Å². The van der Waals surface area contributed by atoms with Crippen molar-refractivity contribution in [2.45, 2.75) is 6.04 Å². The highest BCUT2D eigenvalue weighted by molar-refractivity contribution is 7.94. The van der Waals surface area contributed by atoms with E-state index >= 15 is 0 Å². The van der Waals surface area contributed by atoms with Crippen LogP contribution in [0.4, 0.5) is 5.69 Å². The van der Waals surface area contributed by atoms with Crippen molar-refractivity contribution in [3.8, 4) is 0 Å². The summed E-state index contributed by atoms with van der Waals surface area (Å²) in [4.78, 5) is 26.6. The molecule has 4 rings (SSSR count). The lowest BCUT2D eigenvalue weighted by Gasteiger charge is -2.27. The number of anilines is 1. The molecule has 0 aliphatic carbocycles. The van der Waals surface area contributed by atoms with E-state index in [0.717, 1.165) is 5.41 Å². The molecule has 1 atom stereocenters. The predicted octanol–water partition coefficient (Wildman–Crippen LogP) is 2.06. The number of para-hydroxylation sites is 2. The molecule has 148 valence electrons. The summed E-state index contributed by atoms with van der Waals surface area (Å²) in [6, 6.07) is 15.1. The van der Waals surface area contributed by atoms with Crippen molar-refractivity contribution in [1.82, 2.24) is 10.2 Å². The van der Waals surface area contributed by atoms with Crippen LogP contribution in [0.5, 0.6) is 0 Å². The number of H-pyrrole nitrogens is 1. The summed E-state index contributed by atoms with van der Waals surface area (Å²) >= 11 is 0. The Balaban J connectivity index is 1.52. The van der Waals surface area contributed by atoms with Crippen molar-refractivity contribution in [2.75, 3.05) is 17.3 Å². The van der Waals surface area contributed by atoms with Gasteiger partial charge in [0.2, 0.25) is 0 Å². The molecule has 2 aromatic carbocycles. The molecule has 0 radical (unpaired) electrons. The first-order valence-corrected chi connectivity index (χ1v) is 10.5. The molecule has 29 heavy (non-hydrogen) atoms. The highest BCUT2D eigenvalue weighted by Crippen LogP contribution is 2.23. The second-order valence-electron chi connectivity index (χ2n) is 6.52. The van der Waals surface area contributed by atoms with Gasteiger partial charge in [-0.2, -0.15) is 5.10 Å². The van der Waals surface area contributed by atoms with Crippen LogP contribution in [0.25, 0.3) is 10.9 Å². The average molecular weight is 411 g/mol. The first-order chi connectivity index (χ1) is 13.9. The fraction of sp³-hybridized carbons (Fsp3) is 0.150. The number of hydrogen-bond donors (Lipinski definition) is 1. The van der Waals surface area contributed by atoms with Gasteiger partial charge < -0.3 is 9.64 Å². The number of nitrogens with one attached hydrogen (secondary N) is 1. The fourth-order valence-electron chi connectivity index (χ4n) is 3.21. The number of aromatic nitrogens is 2. The van der Waals surface area contributed by atoms with E-state index in [1.54, 1.807) is 54.6 Å². The van der Waals surface area contributed by atoms with Gasteiger partial charge in [0.1, 0.15) is 0 Å². The molecular formula is C20H17N3O5S. The number of sulfone groups is 1. The Morgan fingerprint density at radius 1 is 1.10 bits per heavy atom. The van der Waals surface area contributed by atoms with Crippen molar-refractivity contribution in [3.63, 3.8) is 0 Å². The molecule has 0 spiro atoms. The summed E-state index contributed by atoms with van der Waals surface area (Å²) in [7, 11) is -3.37. The summed E-state index contributed by atoms with van der Waals surface area (Å²) in [5.74, 6) is -1.49. The first-order valence-electron chi connectivity index (χ1n) is 8.83. The number of carbonyl (C=O) groups excluding carboxylic acids is 2. The van der Waals surface area contributed by atoms with E-state index in [-0.39, 0.29) is 11.4 Å². The van der Waals surface area contributed by atoms with E-state index in [2.05, 4.69) is 10.2 Å². The molecule has 1 amide bonds. The molecule has 2 heterocycles. The largest absolute Gasteiger partial charge is 0.451 e. The fourth-order valence-corrected chi connectivity index (χ4v) is 4.48. The summed E-state index contributed by atoms with van der Waals surface area (Å²) in [5, 5.41) is 8.39. The number of ether oxygens (including phenoxy) is 1. The molecule has 0 unspecified atom stereocenters. The van der Waals surface area contributed by atoms with Gasteiger partial charge in [-0.25, -0.2) is 13.2 Å². The molecule has 1 aliphatic heterocycles. The lowest BCUT2D eigenvalue weighted by atomic mass is 10.2. The van der Waals surface area contributed by atoms with Crippen molar-refractivity contribution < 1.29 is 22.7 Å². The zero-order valence-corrected chi connectivity index (χ0v) is 16.0. The van der Waals surface area contributed by atoms with Crippen LogP contribution in [-0.4, -0.2) is 48.9 Å². The Kier molecular flexibility index (Phi) is 4.89. The van der Waals surface area contributed by atoms with E-state index in [1.165, 1.54) is 11.0 Å². The number of aromatic amines is 1. The maximum absolute atomic E-state index is 12.9. The number of benzene rings is 2. The number of rotatable bonds is 5. The molecule has 9 heteroatoms. The molecule has 8 nitrogen and oxygen atoms in total. The lowest BCUT2D eigenvalue weighted by Crippen LogP contribution is -2.43. The second kappa shape index (κ2) is 7.51. The number of amides is 1. The minimum atomic E-state index is -3.37. The topological polar surface area (TPSA) is 109 Å². The van der Waals surface area contributed by atoms with Crippen LogP contribution in [0.1, 0.15) is 10.5 Å². The second-order valence-corrected chi connectivity index (χ2v) is 8.45. The number of carbonyl (C=O) groups is 2. The van der Waals surface area contributed by atoms with Gasteiger partial charge in [-0.3, -0.25) is 9.89 Å². The normalized spacial score (nSPS) is 17.3. The Labute approximate surface area is 166 Å². The zero-order chi connectivity index (χ0) is 20.4. The molecule has 0 fully saturated rings. The van der Waals surface area contributed by atoms with Crippen LogP contribution in [0.15, 0.2) is 66.1 Å². The number of nitrogens with zero attached hydrogens (tertiary/aromatic N) is 2. The number of fused-ring (bicyclic) bond motifs is 1. The molecule has 1 aliphatic rings. The van der Waals surface area contributed by atoms with Crippen LogP contribution in [0.3, 0.4) is 0 Å². The molecular weight excluding hydrogens is 394 g/mol. The molecule has 1 aromatic heterocycles. The highest BCUT2D eigenvalue weighted by Gasteiger charge is 2.32. The minimum Gasteiger partial charge on any atom is -0.451 e. The minimum absolute atomic E-state index is 0.0861. The molecule has 1 N–H and O–H groups in total. The standard InChI is InChI=1S/C20H17N3O5S/c24-18(12-28-20(25)19-16-8-4-5-9-17(16)21-22-19)23(14-6-2-1-3-7-14)15-10-11-29(26,27)13-15/h1-11,15H,12-13H2,(H,21,22)/t15-/m0/s1. The van der Waals surface area contributed by atoms with Gasteiger partial charge in [0.25, 0.3) is 5.91 Å². The van der Waals surface area contributed by atoms with Crippen molar-refractivity contribution in [3.05, 3.63) is 71.8 Å². The smallest absolute Gasteiger partial charge is 0.359 e. The molecule has 0 saturated heterocycles. The number of hydrogen-bond acceptors (Lipinski definition) is 6. The first kappa shape index (κ1) is 18.9. The van der Waals surface area contributed by atoms with E-state index < -0.39 is 34.4 Å². The van der Waals surface area contributed by atoms with E-state index in [1.807, 2.05) is 0 Å². The van der Waals surface area contributed by atoms with Crippen LogP contribution in [0.2, 0.25) is 0 Å². The highest BCUT2D eigenvalue weighted by atomic mass is 32.2. The number of esters is 1. The third-order valence-corrected chi connectivity index (χ3v) is 5.91. The predicted molar refractivity (Wildman–Crippen MR) is 107 cm³/mol. The van der Waals surface area contributed by atoms with Gasteiger partial charge >= 0.3 is 5.97 Å². The average Bonchev–Trinajstić information content (AvgIpc) is 3.30. The Bertz CT molecular complexity index is 1200. The third kappa shape index (κ3) is 3.90. The van der Waals surface area contributed by atoms with Crippen LogP contribution < -0.4 is 4.90 Å². The molecule has 0 bridgehead atoms. The van der Waals surface area contributed by atoms with Crippen LogP contribution in [0, 0.1) is 0 Å². The zero-order valence-electron chi connectivity index (χ0n) is 15.2. The van der Waals surface area contributed by atoms with E-state index in [4.69, 9.17) is 4.74 Å². The van der Waals surface area contributed by atoms with Crippen LogP contribution >= 0.6 is 0 Å². The summed E-state index contributed by atoms with van der Waals surface area (Å²) in [6.45, 7) is -0.542. The molecule has 0 saturated carbocycles. The van der Waals surface area contributed by atoms with E-state index in [9.17, 15) is 18.0 Å². The summed E-state index contributed by atoms with van der Waals surface area (Å²) in [5.41, 5.74) is 1.28. The van der Waals surface area contributed by atoms with E-state index in [0.29, 0.717) is 16.6 Å². The van der Waals surface area contributed by atoms with Crippen molar-refractivity contribution >= 4 is 38.3 Å². The Morgan fingerprint density at radius 3 is 2.55 bits per heavy atom. The van der Waals surface area contributed by atoms with Crippen LogP contribution in [-0.2, 0) is 19.4 Å². The van der Waals surface area contributed by atoms with Gasteiger partial charge in [-0.15, -0.1) is 0 Å². The van der Waals surface area contributed by atoms with Crippen molar-refractivity contribution in [1.29, 1.82) is 0 Å². The van der Waals surface area contributed by atoms with Gasteiger partial charge in [-0.1, -0.05) is 36.4 Å². The van der Waals surface area contributed by atoms with Gasteiger partial charge in [0.15, 0.2) is 22.1 Å². The van der Waals surface area contributed by atoms with Gasteiger partial charge in [0.05, 0.1) is 17.3 Å². The SMILES string of the molecule is O=C(OCC(=O)N(c1ccccc1)[C@H]1C=CS(=O)(=O)C1)c1n[nH]c2ccccc12. The Hall–Kier alpha value is -3.46. The maximum atomic E-state index is 12.9. The monoisotopic (exact) mass is 411 g/mol. The Morgan fingerprint density at radius 2 is 1.83 bits per heavy atom. The summed E-state index contributed by atoms with van der Waals surface area (Å²) in [6.07, 6.45) is 1.46. The third-order valence-electron chi connectivity index (χ3n) is 4.54. The maximum Gasteiger partial charge on any atom is 0.359 e. The van der Waals surface area contributed by atoms with Gasteiger partial charge in [-0.05, 0) is 24.3 Å².